The Labute approximate surface area is 193 Å². The monoisotopic (exact) mass is 440 g/mol. The van der Waals surface area contributed by atoms with Crippen molar-refractivity contribution in [2.75, 3.05) is 50.8 Å². The van der Waals surface area contributed by atoms with E-state index in [1.165, 1.54) is 25.7 Å². The van der Waals surface area contributed by atoms with E-state index in [-0.39, 0.29) is 5.60 Å². The number of hydrogen-bond donors (Lipinski definition) is 0. The van der Waals surface area contributed by atoms with E-state index in [1.807, 2.05) is 12.3 Å². The van der Waals surface area contributed by atoms with E-state index in [0.29, 0.717) is 11.9 Å². The van der Waals surface area contributed by atoms with Gasteiger partial charge < -0.3 is 14.5 Å². The summed E-state index contributed by atoms with van der Waals surface area (Å²) >= 11 is 0. The molecule has 5 rings (SSSR count). The Kier molecular flexibility index (Phi) is 6.98. The highest BCUT2D eigenvalue weighted by Gasteiger charge is 2.43. The zero-order valence-electron chi connectivity index (χ0n) is 19.6. The third-order valence-electron chi connectivity index (χ3n) is 8.54. The first-order chi connectivity index (χ1) is 15.7. The first kappa shape index (κ1) is 22.1. The quantitative estimate of drug-likeness (QED) is 0.699. The number of likely N-dealkylation sites (tertiary alicyclic amines) is 1. The van der Waals surface area contributed by atoms with E-state index in [4.69, 9.17) is 4.74 Å². The van der Waals surface area contributed by atoms with Crippen LogP contribution in [0, 0.1) is 5.92 Å². The molecule has 0 bridgehead atoms. The molecular formula is C26H40N4O2. The van der Waals surface area contributed by atoms with Gasteiger partial charge in [0, 0.05) is 64.5 Å². The Hall–Kier alpha value is -1.66. The zero-order valence-corrected chi connectivity index (χ0v) is 19.6. The summed E-state index contributed by atoms with van der Waals surface area (Å²) in [6.45, 7) is 6.91. The maximum atomic E-state index is 12.8. The van der Waals surface area contributed by atoms with Gasteiger partial charge in [0.05, 0.1) is 5.60 Å². The van der Waals surface area contributed by atoms with Crippen molar-refractivity contribution in [2.24, 2.45) is 5.92 Å². The second-order valence-corrected chi connectivity index (χ2v) is 10.5. The molecule has 32 heavy (non-hydrogen) atoms. The summed E-state index contributed by atoms with van der Waals surface area (Å²) in [5.74, 6) is 2.28. The smallest absolute Gasteiger partial charge is 0.222 e. The molecule has 1 aromatic rings. The van der Waals surface area contributed by atoms with Crippen LogP contribution in [-0.4, -0.2) is 78.2 Å². The van der Waals surface area contributed by atoms with E-state index in [0.717, 1.165) is 96.1 Å². The van der Waals surface area contributed by atoms with E-state index >= 15 is 0 Å². The number of piperidine rings is 1. The number of anilines is 1. The number of carbonyl (C=O) groups is 1. The van der Waals surface area contributed by atoms with Crippen molar-refractivity contribution in [3.8, 4) is 0 Å². The van der Waals surface area contributed by atoms with Crippen LogP contribution in [-0.2, 0) is 9.53 Å². The molecule has 1 aliphatic carbocycles. The zero-order chi connectivity index (χ0) is 21.8. The third-order valence-corrected chi connectivity index (χ3v) is 8.54. The number of nitrogens with zero attached hydrogens (tertiary/aromatic N) is 4. The van der Waals surface area contributed by atoms with Crippen LogP contribution in [0.3, 0.4) is 0 Å². The summed E-state index contributed by atoms with van der Waals surface area (Å²) in [6, 6.07) is 6.78. The van der Waals surface area contributed by atoms with Crippen LogP contribution in [0.5, 0.6) is 0 Å². The molecule has 4 fully saturated rings. The largest absolute Gasteiger partial charge is 0.375 e. The highest BCUT2D eigenvalue weighted by atomic mass is 16.5. The SMILES string of the molecule is O=C(CCC1CCCC1)N1CCC2(CC1)CC(N1CCN(c3ccccn3)CC1)CCO2. The molecule has 4 aliphatic rings. The van der Waals surface area contributed by atoms with E-state index in [1.54, 1.807) is 0 Å². The number of rotatable bonds is 5. The van der Waals surface area contributed by atoms with E-state index < -0.39 is 0 Å². The molecule has 1 unspecified atom stereocenters. The van der Waals surface area contributed by atoms with Gasteiger partial charge in [-0.1, -0.05) is 31.7 Å². The van der Waals surface area contributed by atoms with Crippen LogP contribution in [0.1, 0.15) is 64.2 Å². The van der Waals surface area contributed by atoms with Gasteiger partial charge in [-0.15, -0.1) is 0 Å². The Bertz CT molecular complexity index is 735. The molecule has 1 spiro atoms. The first-order valence-electron chi connectivity index (χ1n) is 13.0. The van der Waals surface area contributed by atoms with Gasteiger partial charge in [-0.2, -0.15) is 0 Å². The number of hydrogen-bond acceptors (Lipinski definition) is 5. The summed E-state index contributed by atoms with van der Waals surface area (Å²) in [4.78, 5) is 24.5. The molecule has 3 saturated heterocycles. The Morgan fingerprint density at radius 3 is 2.53 bits per heavy atom. The fraction of sp³-hybridized carbons (Fsp3) is 0.769. The standard InChI is InChI=1S/C26H40N4O2/c31-25(9-8-22-5-1-2-6-22)30-14-11-26(12-15-30)21-23(10-20-32-26)28-16-18-29(19-17-28)24-7-3-4-13-27-24/h3-4,7,13,22-23H,1-2,5-6,8-12,14-21H2. The van der Waals surface area contributed by atoms with Gasteiger partial charge in [0.2, 0.25) is 5.91 Å². The van der Waals surface area contributed by atoms with Crippen LogP contribution in [0.15, 0.2) is 24.4 Å². The maximum absolute atomic E-state index is 12.8. The number of carbonyl (C=O) groups excluding carboxylic acids is 1. The van der Waals surface area contributed by atoms with Crippen molar-refractivity contribution in [3.63, 3.8) is 0 Å². The molecule has 1 amide bonds. The van der Waals surface area contributed by atoms with Gasteiger partial charge in [-0.3, -0.25) is 9.69 Å². The summed E-state index contributed by atoms with van der Waals surface area (Å²) in [5.41, 5.74) is -0.0106. The Morgan fingerprint density at radius 2 is 1.81 bits per heavy atom. The minimum Gasteiger partial charge on any atom is -0.375 e. The van der Waals surface area contributed by atoms with Gasteiger partial charge in [0.25, 0.3) is 0 Å². The van der Waals surface area contributed by atoms with Crippen LogP contribution in [0.2, 0.25) is 0 Å². The van der Waals surface area contributed by atoms with Crippen LogP contribution >= 0.6 is 0 Å². The van der Waals surface area contributed by atoms with Crippen molar-refractivity contribution in [3.05, 3.63) is 24.4 Å². The number of aromatic nitrogens is 1. The lowest BCUT2D eigenvalue weighted by Gasteiger charge is -2.49. The average molecular weight is 441 g/mol. The second-order valence-electron chi connectivity index (χ2n) is 10.5. The topological polar surface area (TPSA) is 48.9 Å². The normalized spacial score (nSPS) is 27.2. The number of ether oxygens (including phenoxy) is 1. The molecule has 176 valence electrons. The highest BCUT2D eigenvalue weighted by molar-refractivity contribution is 5.76. The molecule has 6 heteroatoms. The fourth-order valence-electron chi connectivity index (χ4n) is 6.47. The number of amides is 1. The molecule has 0 aromatic carbocycles. The van der Waals surface area contributed by atoms with Gasteiger partial charge in [-0.25, -0.2) is 4.98 Å². The van der Waals surface area contributed by atoms with Gasteiger partial charge in [0.1, 0.15) is 5.82 Å². The Balaban J connectivity index is 1.09. The second kappa shape index (κ2) is 10.1. The molecule has 1 saturated carbocycles. The molecule has 4 heterocycles. The van der Waals surface area contributed by atoms with Gasteiger partial charge in [-0.05, 0) is 50.2 Å². The summed E-state index contributed by atoms with van der Waals surface area (Å²) in [6.07, 6.45) is 13.4. The van der Waals surface area contributed by atoms with Gasteiger partial charge >= 0.3 is 0 Å². The molecule has 1 atom stereocenters. The first-order valence-corrected chi connectivity index (χ1v) is 13.0. The van der Waals surface area contributed by atoms with Crippen LogP contribution in [0.25, 0.3) is 0 Å². The molecule has 1 aromatic heterocycles. The van der Waals surface area contributed by atoms with Crippen molar-refractivity contribution >= 4 is 11.7 Å². The predicted molar refractivity (Wildman–Crippen MR) is 127 cm³/mol. The molecule has 0 N–H and O–H groups in total. The lowest BCUT2D eigenvalue weighted by Crippen LogP contribution is -2.57. The Morgan fingerprint density at radius 1 is 1.03 bits per heavy atom. The fourth-order valence-corrected chi connectivity index (χ4v) is 6.47. The predicted octanol–water partition coefficient (Wildman–Crippen LogP) is 3.71. The van der Waals surface area contributed by atoms with Crippen molar-refractivity contribution in [1.82, 2.24) is 14.8 Å². The lowest BCUT2D eigenvalue weighted by atomic mass is 9.81. The molecular weight excluding hydrogens is 400 g/mol. The molecule has 6 nitrogen and oxygen atoms in total. The average Bonchev–Trinajstić information content (AvgIpc) is 3.38. The van der Waals surface area contributed by atoms with E-state index in [9.17, 15) is 4.79 Å². The molecule has 3 aliphatic heterocycles. The van der Waals surface area contributed by atoms with Gasteiger partial charge in [0.15, 0.2) is 0 Å². The van der Waals surface area contributed by atoms with Crippen molar-refractivity contribution in [2.45, 2.75) is 75.9 Å². The van der Waals surface area contributed by atoms with Crippen molar-refractivity contribution in [1.29, 1.82) is 0 Å². The molecule has 0 radical (unpaired) electrons. The summed E-state index contributed by atoms with van der Waals surface area (Å²) in [5, 5.41) is 0. The van der Waals surface area contributed by atoms with E-state index in [2.05, 4.69) is 31.8 Å². The highest BCUT2D eigenvalue weighted by Crippen LogP contribution is 2.37. The van der Waals surface area contributed by atoms with Crippen molar-refractivity contribution < 1.29 is 9.53 Å². The minimum absolute atomic E-state index is 0.0106. The third kappa shape index (κ3) is 5.12. The number of pyridine rings is 1. The summed E-state index contributed by atoms with van der Waals surface area (Å²) in [7, 11) is 0. The summed E-state index contributed by atoms with van der Waals surface area (Å²) < 4.78 is 6.40. The van der Waals surface area contributed by atoms with Crippen LogP contribution in [0.4, 0.5) is 5.82 Å². The maximum Gasteiger partial charge on any atom is 0.222 e. The van der Waals surface area contributed by atoms with Crippen LogP contribution < -0.4 is 4.90 Å². The number of piperazine rings is 1. The minimum atomic E-state index is -0.0106. The lowest BCUT2D eigenvalue weighted by molar-refractivity contribution is -0.149.